The molecule has 3 rings (SSSR count). The quantitative estimate of drug-likeness (QED) is 0.774. The molecule has 2 aromatic rings. The molecule has 1 atom stereocenters. The summed E-state index contributed by atoms with van der Waals surface area (Å²) in [6.07, 6.45) is 2.73. The Labute approximate surface area is 139 Å². The Hall–Kier alpha value is -1.66. The number of likely N-dealkylation sites (tertiary alicyclic amines) is 1. The molecule has 1 aromatic heterocycles. The average Bonchev–Trinajstić information content (AvgIpc) is 2.82. The van der Waals surface area contributed by atoms with Crippen molar-refractivity contribution in [1.82, 2.24) is 9.88 Å². The molecule has 0 aliphatic carbocycles. The maximum atomic E-state index is 12.0. The van der Waals surface area contributed by atoms with Crippen LogP contribution in [-0.4, -0.2) is 43.1 Å². The van der Waals surface area contributed by atoms with Crippen molar-refractivity contribution in [1.29, 1.82) is 0 Å². The van der Waals surface area contributed by atoms with E-state index in [0.717, 1.165) is 22.9 Å². The predicted molar refractivity (Wildman–Crippen MR) is 89.8 cm³/mol. The highest BCUT2D eigenvalue weighted by Crippen LogP contribution is 2.22. The summed E-state index contributed by atoms with van der Waals surface area (Å²) in [5.74, 6) is -0.359. The first-order valence-electron chi connectivity index (χ1n) is 7.45. The van der Waals surface area contributed by atoms with Crippen LogP contribution in [0.2, 0.25) is 0 Å². The molecule has 0 radical (unpaired) electrons. The summed E-state index contributed by atoms with van der Waals surface area (Å²) < 4.78 is 22.3. The van der Waals surface area contributed by atoms with Gasteiger partial charge in [-0.3, -0.25) is 9.78 Å². The first kappa shape index (κ1) is 16.2. The van der Waals surface area contributed by atoms with Gasteiger partial charge in [-0.15, -0.1) is 0 Å². The summed E-state index contributed by atoms with van der Waals surface area (Å²) in [5.41, 5.74) is 2.07. The van der Waals surface area contributed by atoms with E-state index < -0.39 is 9.05 Å². The van der Waals surface area contributed by atoms with Crippen molar-refractivity contribution in [3.8, 4) is 0 Å². The number of rotatable bonds is 5. The standard InChI is InChI=1S/C16H17ClN2O3S/c17-23(21,22)11-12-9-16(20)19(10-12)8-6-13-3-1-5-15-14(13)4-2-7-18-15/h1-5,7,12H,6,8-11H2. The van der Waals surface area contributed by atoms with Gasteiger partial charge in [0.1, 0.15) is 0 Å². The Morgan fingerprint density at radius 2 is 2.09 bits per heavy atom. The largest absolute Gasteiger partial charge is 0.342 e. The van der Waals surface area contributed by atoms with Gasteiger partial charge < -0.3 is 4.90 Å². The molecule has 1 fully saturated rings. The topological polar surface area (TPSA) is 67.3 Å². The summed E-state index contributed by atoms with van der Waals surface area (Å²) in [5, 5.41) is 1.08. The number of aromatic nitrogens is 1. The lowest BCUT2D eigenvalue weighted by atomic mass is 10.1. The van der Waals surface area contributed by atoms with E-state index in [1.807, 2.05) is 30.3 Å². The summed E-state index contributed by atoms with van der Waals surface area (Å²) in [6.45, 7) is 1.03. The molecule has 1 aromatic carbocycles. The van der Waals surface area contributed by atoms with Crippen LogP contribution in [-0.2, 0) is 20.3 Å². The second-order valence-corrected chi connectivity index (χ2v) is 8.67. The Bertz CT molecular complexity index is 833. The van der Waals surface area contributed by atoms with Crippen LogP contribution in [0.4, 0.5) is 0 Å². The predicted octanol–water partition coefficient (Wildman–Crippen LogP) is 2.19. The van der Waals surface area contributed by atoms with Crippen LogP contribution in [0.25, 0.3) is 10.9 Å². The van der Waals surface area contributed by atoms with Gasteiger partial charge in [0.05, 0.1) is 11.3 Å². The minimum atomic E-state index is -3.57. The van der Waals surface area contributed by atoms with Gasteiger partial charge in [0.25, 0.3) is 0 Å². The maximum Gasteiger partial charge on any atom is 0.232 e. The lowest BCUT2D eigenvalue weighted by Crippen LogP contribution is -2.28. The van der Waals surface area contributed by atoms with E-state index in [4.69, 9.17) is 10.7 Å². The van der Waals surface area contributed by atoms with Crippen LogP contribution in [0.15, 0.2) is 36.5 Å². The van der Waals surface area contributed by atoms with Crippen LogP contribution < -0.4 is 0 Å². The fourth-order valence-electron chi connectivity index (χ4n) is 3.10. The fraction of sp³-hybridized carbons (Fsp3) is 0.375. The van der Waals surface area contributed by atoms with Gasteiger partial charge in [-0.05, 0) is 24.1 Å². The zero-order valence-electron chi connectivity index (χ0n) is 12.5. The van der Waals surface area contributed by atoms with E-state index in [1.165, 1.54) is 0 Å². The molecule has 5 nitrogen and oxygen atoms in total. The van der Waals surface area contributed by atoms with E-state index in [9.17, 15) is 13.2 Å². The molecule has 0 bridgehead atoms. The summed E-state index contributed by atoms with van der Waals surface area (Å²) in [4.78, 5) is 18.1. The minimum absolute atomic E-state index is 0.00585. The molecule has 23 heavy (non-hydrogen) atoms. The first-order valence-corrected chi connectivity index (χ1v) is 9.93. The number of fused-ring (bicyclic) bond motifs is 1. The van der Waals surface area contributed by atoms with Crippen molar-refractivity contribution < 1.29 is 13.2 Å². The van der Waals surface area contributed by atoms with Crippen molar-refractivity contribution >= 4 is 36.5 Å². The lowest BCUT2D eigenvalue weighted by molar-refractivity contribution is -0.127. The number of amides is 1. The second-order valence-electron chi connectivity index (χ2n) is 5.85. The van der Waals surface area contributed by atoms with E-state index in [-0.39, 0.29) is 24.0 Å². The van der Waals surface area contributed by atoms with Crippen molar-refractivity contribution in [2.45, 2.75) is 12.8 Å². The third kappa shape index (κ3) is 4.00. The highest BCUT2D eigenvalue weighted by Gasteiger charge is 2.31. The van der Waals surface area contributed by atoms with Crippen LogP contribution in [0.5, 0.6) is 0 Å². The molecule has 1 amide bonds. The number of halogens is 1. The van der Waals surface area contributed by atoms with Crippen LogP contribution in [0.3, 0.4) is 0 Å². The number of hydrogen-bond acceptors (Lipinski definition) is 4. The zero-order valence-corrected chi connectivity index (χ0v) is 14.1. The minimum Gasteiger partial charge on any atom is -0.342 e. The summed E-state index contributed by atoms with van der Waals surface area (Å²) in [7, 11) is 1.72. The Balaban J connectivity index is 1.67. The third-order valence-electron chi connectivity index (χ3n) is 4.12. The van der Waals surface area contributed by atoms with Crippen LogP contribution in [0, 0.1) is 5.92 Å². The average molecular weight is 353 g/mol. The number of carbonyl (C=O) groups is 1. The first-order chi connectivity index (χ1) is 10.9. The second kappa shape index (κ2) is 6.45. The van der Waals surface area contributed by atoms with Gasteiger partial charge in [0.15, 0.2) is 0 Å². The van der Waals surface area contributed by atoms with Crippen molar-refractivity contribution in [2.75, 3.05) is 18.8 Å². The summed E-state index contributed by atoms with van der Waals surface area (Å²) >= 11 is 0. The van der Waals surface area contributed by atoms with E-state index >= 15 is 0 Å². The van der Waals surface area contributed by atoms with Crippen LogP contribution >= 0.6 is 10.7 Å². The molecular formula is C16H17ClN2O3S. The maximum absolute atomic E-state index is 12.0. The van der Waals surface area contributed by atoms with Gasteiger partial charge in [0.2, 0.25) is 15.0 Å². The molecule has 1 aliphatic rings. The number of benzene rings is 1. The molecule has 1 aliphatic heterocycles. The van der Waals surface area contributed by atoms with Gasteiger partial charge in [0, 0.05) is 47.7 Å². The fourth-order valence-corrected chi connectivity index (χ4v) is 4.42. The van der Waals surface area contributed by atoms with Gasteiger partial charge in [-0.2, -0.15) is 0 Å². The SMILES string of the molecule is O=C1CC(CS(=O)(=O)Cl)CN1CCc1cccc2ncccc12. The van der Waals surface area contributed by atoms with Crippen LogP contribution in [0.1, 0.15) is 12.0 Å². The van der Waals surface area contributed by atoms with E-state index in [0.29, 0.717) is 13.1 Å². The lowest BCUT2D eigenvalue weighted by Gasteiger charge is -2.17. The third-order valence-corrected chi connectivity index (χ3v) is 5.36. The van der Waals surface area contributed by atoms with E-state index in [2.05, 4.69) is 4.98 Å². The van der Waals surface area contributed by atoms with Gasteiger partial charge in [-0.25, -0.2) is 8.42 Å². The van der Waals surface area contributed by atoms with Crippen molar-refractivity contribution in [3.05, 3.63) is 42.1 Å². The zero-order chi connectivity index (χ0) is 16.4. The number of nitrogens with zero attached hydrogens (tertiary/aromatic N) is 2. The van der Waals surface area contributed by atoms with Crippen molar-refractivity contribution in [2.24, 2.45) is 5.92 Å². The molecule has 1 saturated heterocycles. The monoisotopic (exact) mass is 352 g/mol. The highest BCUT2D eigenvalue weighted by molar-refractivity contribution is 8.13. The Morgan fingerprint density at radius 3 is 2.87 bits per heavy atom. The van der Waals surface area contributed by atoms with Gasteiger partial charge in [-0.1, -0.05) is 18.2 Å². The molecule has 7 heteroatoms. The molecule has 122 valence electrons. The highest BCUT2D eigenvalue weighted by atomic mass is 35.7. The molecule has 0 spiro atoms. The van der Waals surface area contributed by atoms with E-state index in [1.54, 1.807) is 11.1 Å². The van der Waals surface area contributed by atoms with Crippen molar-refractivity contribution in [3.63, 3.8) is 0 Å². The molecule has 0 saturated carbocycles. The number of hydrogen-bond donors (Lipinski definition) is 0. The Morgan fingerprint density at radius 1 is 1.26 bits per heavy atom. The Kier molecular flexibility index (Phi) is 4.55. The normalized spacial score (nSPS) is 18.7. The molecule has 2 heterocycles. The number of carbonyl (C=O) groups excluding carboxylic acids is 1. The smallest absolute Gasteiger partial charge is 0.232 e. The molecule has 1 unspecified atom stereocenters. The number of pyridine rings is 1. The molecular weight excluding hydrogens is 336 g/mol. The molecule has 0 N–H and O–H groups in total. The summed E-state index contributed by atoms with van der Waals surface area (Å²) in [6, 6.07) is 9.87. The van der Waals surface area contributed by atoms with Gasteiger partial charge >= 0.3 is 0 Å².